The van der Waals surface area contributed by atoms with Crippen LogP contribution in [0, 0.1) is 12.7 Å². The van der Waals surface area contributed by atoms with Crippen LogP contribution in [0.1, 0.15) is 22.6 Å². The van der Waals surface area contributed by atoms with Crippen LogP contribution in [0.3, 0.4) is 0 Å². The number of urea groups is 1. The Kier molecular flexibility index (Phi) is 4.17. The second kappa shape index (κ2) is 6.72. The number of nitrogens with zero attached hydrogens (tertiary/aromatic N) is 3. The van der Waals surface area contributed by atoms with Crippen LogP contribution in [0.25, 0.3) is 0 Å². The number of halogens is 1. The summed E-state index contributed by atoms with van der Waals surface area (Å²) in [4.78, 5) is 21.0. The highest BCUT2D eigenvalue weighted by atomic mass is 19.1. The number of nitrogens with one attached hydrogen (secondary N) is 2. The summed E-state index contributed by atoms with van der Waals surface area (Å²) in [5, 5.41) is 0. The average molecular weight is 383 g/mol. The quantitative estimate of drug-likeness (QED) is 0.848. The number of hydrogen-bond acceptors (Lipinski definition) is 5. The molecule has 146 valence electrons. The normalized spacial score (nSPS) is 23.6. The summed E-state index contributed by atoms with van der Waals surface area (Å²) in [7, 11) is 0. The molecule has 2 amide bonds. The number of fused-ring (bicyclic) bond motifs is 3. The molecular formula is C20H22FN5O2. The van der Waals surface area contributed by atoms with Gasteiger partial charge in [0.05, 0.1) is 6.04 Å². The summed E-state index contributed by atoms with van der Waals surface area (Å²) < 4.78 is 19.1. The lowest BCUT2D eigenvalue weighted by Gasteiger charge is -2.27. The number of ether oxygens (including phenoxy) is 1. The summed E-state index contributed by atoms with van der Waals surface area (Å²) >= 11 is 0. The summed E-state index contributed by atoms with van der Waals surface area (Å²) in [6.07, 6.45) is 0. The maximum Gasteiger partial charge on any atom is 0.326 e. The Hall–Kier alpha value is -2.71. The Morgan fingerprint density at radius 1 is 1.29 bits per heavy atom. The van der Waals surface area contributed by atoms with E-state index in [1.54, 1.807) is 15.9 Å². The maximum atomic E-state index is 13.3. The molecule has 1 aromatic heterocycles. The van der Waals surface area contributed by atoms with Gasteiger partial charge in [0.2, 0.25) is 5.88 Å². The van der Waals surface area contributed by atoms with Gasteiger partial charge < -0.3 is 9.64 Å². The lowest BCUT2D eigenvalue weighted by atomic mass is 9.92. The standard InChI is InChI=1S/C20H22FN5O2/c1-12-8-14(21)3-2-13(12)10-25-6-7-26(20(25)27)18-5-4-15-16-9-22-24-17(16)11-28-19(15)23-18/h2-5,8,16-17,22,24H,6-7,9-11H2,1H3. The van der Waals surface area contributed by atoms with Crippen LogP contribution >= 0.6 is 0 Å². The molecule has 2 fully saturated rings. The number of hydrazine groups is 1. The Balaban J connectivity index is 1.34. The van der Waals surface area contributed by atoms with Crippen LogP contribution in [0.5, 0.6) is 5.88 Å². The predicted molar refractivity (Wildman–Crippen MR) is 102 cm³/mol. The van der Waals surface area contributed by atoms with Gasteiger partial charge >= 0.3 is 6.03 Å². The molecule has 2 atom stereocenters. The number of amides is 2. The van der Waals surface area contributed by atoms with Crippen LogP contribution in [0.15, 0.2) is 30.3 Å². The van der Waals surface area contributed by atoms with Gasteiger partial charge in [0.25, 0.3) is 0 Å². The van der Waals surface area contributed by atoms with Crippen LogP contribution in [0.2, 0.25) is 0 Å². The number of rotatable bonds is 3. The van der Waals surface area contributed by atoms with E-state index in [-0.39, 0.29) is 17.9 Å². The van der Waals surface area contributed by atoms with Crippen molar-refractivity contribution in [3.05, 3.63) is 52.8 Å². The third-order valence-electron chi connectivity index (χ3n) is 5.81. The van der Waals surface area contributed by atoms with Crippen molar-refractivity contribution in [2.75, 3.05) is 31.1 Å². The molecule has 28 heavy (non-hydrogen) atoms. The first-order valence-electron chi connectivity index (χ1n) is 9.54. The van der Waals surface area contributed by atoms with Gasteiger partial charge in [-0.3, -0.25) is 15.8 Å². The Bertz CT molecular complexity index is 937. The SMILES string of the molecule is Cc1cc(F)ccc1CN1CCN(c2ccc3c(n2)OCC2NNCC32)C1=O. The molecule has 2 aromatic rings. The van der Waals surface area contributed by atoms with E-state index in [4.69, 9.17) is 4.74 Å². The molecule has 0 bridgehead atoms. The van der Waals surface area contributed by atoms with E-state index in [0.717, 1.165) is 23.2 Å². The maximum absolute atomic E-state index is 13.3. The minimum absolute atomic E-state index is 0.0888. The van der Waals surface area contributed by atoms with Crippen LogP contribution in [-0.2, 0) is 6.54 Å². The molecule has 2 saturated heterocycles. The highest BCUT2D eigenvalue weighted by Crippen LogP contribution is 2.35. The number of aryl methyl sites for hydroxylation is 1. The van der Waals surface area contributed by atoms with Gasteiger partial charge in [0, 0.05) is 37.7 Å². The summed E-state index contributed by atoms with van der Waals surface area (Å²) in [5.74, 6) is 1.30. The fourth-order valence-electron chi connectivity index (χ4n) is 4.17. The van der Waals surface area contributed by atoms with Crippen molar-refractivity contribution >= 4 is 11.8 Å². The van der Waals surface area contributed by atoms with Crippen molar-refractivity contribution in [2.24, 2.45) is 0 Å². The highest BCUT2D eigenvalue weighted by Gasteiger charge is 2.37. The molecule has 2 N–H and O–H groups in total. The molecular weight excluding hydrogens is 361 g/mol. The zero-order valence-corrected chi connectivity index (χ0v) is 15.6. The number of carbonyl (C=O) groups excluding carboxylic acids is 1. The molecule has 2 unspecified atom stereocenters. The molecule has 0 aliphatic carbocycles. The van der Waals surface area contributed by atoms with Gasteiger partial charge in [-0.25, -0.2) is 9.18 Å². The summed E-state index contributed by atoms with van der Waals surface area (Å²) in [6.45, 7) is 4.90. The lowest BCUT2D eigenvalue weighted by molar-refractivity contribution is 0.218. The van der Waals surface area contributed by atoms with E-state index >= 15 is 0 Å². The molecule has 4 heterocycles. The molecule has 5 rings (SSSR count). The smallest absolute Gasteiger partial charge is 0.326 e. The highest BCUT2D eigenvalue weighted by molar-refractivity contribution is 5.93. The summed E-state index contributed by atoms with van der Waals surface area (Å²) in [6, 6.07) is 8.75. The lowest BCUT2D eigenvalue weighted by Crippen LogP contribution is -2.39. The van der Waals surface area contributed by atoms with E-state index in [1.165, 1.54) is 12.1 Å². The van der Waals surface area contributed by atoms with Gasteiger partial charge in [0.15, 0.2) is 0 Å². The molecule has 0 spiro atoms. The van der Waals surface area contributed by atoms with E-state index in [2.05, 4.69) is 15.8 Å². The van der Waals surface area contributed by atoms with E-state index in [1.807, 2.05) is 19.1 Å². The van der Waals surface area contributed by atoms with E-state index in [0.29, 0.717) is 43.9 Å². The molecule has 0 radical (unpaired) electrons. The molecule has 3 aliphatic rings. The second-order valence-electron chi connectivity index (χ2n) is 7.54. The zero-order valence-electron chi connectivity index (χ0n) is 15.6. The number of pyridine rings is 1. The Labute approximate surface area is 162 Å². The number of benzene rings is 1. The number of hydrogen-bond donors (Lipinski definition) is 2. The fraction of sp³-hybridized carbons (Fsp3) is 0.400. The fourth-order valence-corrected chi connectivity index (χ4v) is 4.17. The molecule has 8 heteroatoms. The van der Waals surface area contributed by atoms with Crippen molar-refractivity contribution in [1.82, 2.24) is 20.7 Å². The third-order valence-corrected chi connectivity index (χ3v) is 5.81. The minimum atomic E-state index is -0.260. The molecule has 0 saturated carbocycles. The summed E-state index contributed by atoms with van der Waals surface area (Å²) in [5.41, 5.74) is 9.25. The zero-order chi connectivity index (χ0) is 19.3. The van der Waals surface area contributed by atoms with Gasteiger partial charge in [-0.15, -0.1) is 0 Å². The van der Waals surface area contributed by atoms with Gasteiger partial charge in [0.1, 0.15) is 18.2 Å². The van der Waals surface area contributed by atoms with Crippen LogP contribution in [0.4, 0.5) is 15.0 Å². The van der Waals surface area contributed by atoms with Gasteiger partial charge in [-0.05, 0) is 42.3 Å². The largest absolute Gasteiger partial charge is 0.476 e. The van der Waals surface area contributed by atoms with Crippen molar-refractivity contribution < 1.29 is 13.9 Å². The Morgan fingerprint density at radius 2 is 2.18 bits per heavy atom. The molecule has 7 nitrogen and oxygen atoms in total. The number of anilines is 1. The van der Waals surface area contributed by atoms with Crippen LogP contribution in [-0.4, -0.2) is 48.2 Å². The number of carbonyl (C=O) groups is 1. The average Bonchev–Trinajstić information content (AvgIpc) is 3.30. The van der Waals surface area contributed by atoms with Gasteiger partial charge in [-0.1, -0.05) is 6.07 Å². The minimum Gasteiger partial charge on any atom is -0.476 e. The van der Waals surface area contributed by atoms with E-state index < -0.39 is 0 Å². The molecule has 3 aliphatic heterocycles. The topological polar surface area (TPSA) is 69.7 Å². The number of aromatic nitrogens is 1. The van der Waals surface area contributed by atoms with Crippen molar-refractivity contribution in [3.63, 3.8) is 0 Å². The molecule has 1 aromatic carbocycles. The van der Waals surface area contributed by atoms with Crippen LogP contribution < -0.4 is 20.5 Å². The first kappa shape index (κ1) is 17.4. The predicted octanol–water partition coefficient (Wildman–Crippen LogP) is 1.92. The third kappa shape index (κ3) is 2.89. The van der Waals surface area contributed by atoms with Crippen molar-refractivity contribution in [3.8, 4) is 5.88 Å². The van der Waals surface area contributed by atoms with Gasteiger partial charge in [-0.2, -0.15) is 4.98 Å². The van der Waals surface area contributed by atoms with Crippen molar-refractivity contribution in [2.45, 2.75) is 25.4 Å². The second-order valence-corrected chi connectivity index (χ2v) is 7.54. The first-order valence-corrected chi connectivity index (χ1v) is 9.54. The van der Waals surface area contributed by atoms with Crippen molar-refractivity contribution in [1.29, 1.82) is 0 Å². The Morgan fingerprint density at radius 3 is 3.04 bits per heavy atom. The van der Waals surface area contributed by atoms with E-state index in [9.17, 15) is 9.18 Å². The first-order chi connectivity index (χ1) is 13.6. The monoisotopic (exact) mass is 383 g/mol.